The summed E-state index contributed by atoms with van der Waals surface area (Å²) in [7, 11) is 4.29. The molecule has 2 aliphatic carbocycles. The van der Waals surface area contributed by atoms with Gasteiger partial charge in [-0.05, 0) is 51.6 Å². The van der Waals surface area contributed by atoms with Gasteiger partial charge in [0.15, 0.2) is 0 Å². The predicted octanol–water partition coefficient (Wildman–Crippen LogP) is 3.32. The fourth-order valence-electron chi connectivity index (χ4n) is 4.16. The molecule has 2 heteroatoms. The van der Waals surface area contributed by atoms with Crippen LogP contribution in [0, 0.1) is 11.8 Å². The summed E-state index contributed by atoms with van der Waals surface area (Å²) in [6, 6.07) is 1.52. The normalized spacial score (nSPS) is 36.0. The van der Waals surface area contributed by atoms with Crippen LogP contribution in [0.5, 0.6) is 0 Å². The van der Waals surface area contributed by atoms with Crippen LogP contribution in [0.3, 0.4) is 0 Å². The smallest absolute Gasteiger partial charge is 0.00673 e. The first kappa shape index (κ1) is 14.3. The Bertz CT molecular complexity index is 207. The maximum absolute atomic E-state index is 3.55. The molecular formula is C16H32N2. The minimum atomic E-state index is 0.761. The summed E-state index contributed by atoms with van der Waals surface area (Å²) in [6.45, 7) is 0. The largest absolute Gasteiger partial charge is 0.317 e. The van der Waals surface area contributed by atoms with E-state index in [-0.39, 0.29) is 0 Å². The molecule has 2 rings (SSSR count). The van der Waals surface area contributed by atoms with E-state index < -0.39 is 0 Å². The molecule has 2 fully saturated rings. The summed E-state index contributed by atoms with van der Waals surface area (Å²) < 4.78 is 0. The molecule has 0 aromatic carbocycles. The van der Waals surface area contributed by atoms with Crippen LogP contribution in [0.4, 0.5) is 0 Å². The molecule has 2 N–H and O–H groups in total. The molecule has 0 spiro atoms. The Kier molecular flexibility index (Phi) is 5.97. The van der Waals surface area contributed by atoms with E-state index in [1.807, 2.05) is 0 Å². The molecule has 18 heavy (non-hydrogen) atoms. The summed E-state index contributed by atoms with van der Waals surface area (Å²) in [6.07, 6.45) is 14.5. The van der Waals surface area contributed by atoms with Crippen LogP contribution in [-0.4, -0.2) is 26.2 Å². The zero-order valence-electron chi connectivity index (χ0n) is 12.4. The van der Waals surface area contributed by atoms with Crippen molar-refractivity contribution in [2.45, 2.75) is 76.3 Å². The third kappa shape index (κ3) is 3.96. The highest BCUT2D eigenvalue weighted by atomic mass is 14.9. The first-order chi connectivity index (χ1) is 8.83. The number of hydrogen-bond donors (Lipinski definition) is 2. The van der Waals surface area contributed by atoms with Crippen molar-refractivity contribution < 1.29 is 0 Å². The van der Waals surface area contributed by atoms with Crippen LogP contribution in [-0.2, 0) is 0 Å². The van der Waals surface area contributed by atoms with E-state index in [2.05, 4.69) is 24.7 Å². The summed E-state index contributed by atoms with van der Waals surface area (Å²) in [5, 5.41) is 7.09. The molecule has 0 radical (unpaired) electrons. The summed E-state index contributed by atoms with van der Waals surface area (Å²) in [5.74, 6) is 1.97. The summed E-state index contributed by atoms with van der Waals surface area (Å²) >= 11 is 0. The molecule has 106 valence electrons. The average Bonchev–Trinajstić information content (AvgIpc) is 2.78. The molecule has 2 nitrogen and oxygen atoms in total. The van der Waals surface area contributed by atoms with Gasteiger partial charge in [-0.15, -0.1) is 0 Å². The second-order valence-electron chi connectivity index (χ2n) is 6.53. The van der Waals surface area contributed by atoms with Crippen LogP contribution in [0.1, 0.15) is 64.2 Å². The molecular weight excluding hydrogens is 220 g/mol. The van der Waals surface area contributed by atoms with Gasteiger partial charge in [-0.2, -0.15) is 0 Å². The van der Waals surface area contributed by atoms with Crippen molar-refractivity contribution in [3.63, 3.8) is 0 Å². The number of nitrogens with one attached hydrogen (secondary N) is 2. The van der Waals surface area contributed by atoms with Crippen molar-refractivity contribution in [2.24, 2.45) is 11.8 Å². The van der Waals surface area contributed by atoms with Gasteiger partial charge in [-0.25, -0.2) is 0 Å². The first-order valence-corrected chi connectivity index (χ1v) is 8.18. The van der Waals surface area contributed by atoms with Crippen LogP contribution in [0.2, 0.25) is 0 Å². The molecule has 0 amide bonds. The van der Waals surface area contributed by atoms with Gasteiger partial charge in [-0.1, -0.05) is 38.5 Å². The second kappa shape index (κ2) is 7.49. The highest BCUT2D eigenvalue weighted by Gasteiger charge is 2.30. The maximum Gasteiger partial charge on any atom is 0.00673 e. The molecule has 0 bridgehead atoms. The molecule has 2 unspecified atom stereocenters. The van der Waals surface area contributed by atoms with Gasteiger partial charge in [0.05, 0.1) is 0 Å². The lowest BCUT2D eigenvalue weighted by atomic mass is 9.80. The Morgan fingerprint density at radius 1 is 0.611 bits per heavy atom. The zero-order valence-corrected chi connectivity index (χ0v) is 12.4. The molecule has 2 saturated carbocycles. The lowest BCUT2D eigenvalue weighted by Crippen LogP contribution is -2.29. The Balaban J connectivity index is 1.97. The molecule has 0 aromatic rings. The molecule has 0 saturated heterocycles. The number of rotatable bonds is 3. The first-order valence-electron chi connectivity index (χ1n) is 8.18. The van der Waals surface area contributed by atoms with E-state index in [0.29, 0.717) is 0 Å². The van der Waals surface area contributed by atoms with Gasteiger partial charge >= 0.3 is 0 Å². The van der Waals surface area contributed by atoms with Crippen molar-refractivity contribution in [1.82, 2.24) is 10.6 Å². The van der Waals surface area contributed by atoms with Crippen molar-refractivity contribution in [1.29, 1.82) is 0 Å². The van der Waals surface area contributed by atoms with E-state index in [0.717, 1.165) is 23.9 Å². The summed E-state index contributed by atoms with van der Waals surface area (Å²) in [4.78, 5) is 0. The third-order valence-electron chi connectivity index (χ3n) is 5.42. The minimum Gasteiger partial charge on any atom is -0.317 e. The van der Waals surface area contributed by atoms with Gasteiger partial charge in [0.1, 0.15) is 0 Å². The van der Waals surface area contributed by atoms with Gasteiger partial charge in [0.25, 0.3) is 0 Å². The van der Waals surface area contributed by atoms with Gasteiger partial charge in [-0.3, -0.25) is 0 Å². The molecule has 0 aromatic heterocycles. The third-order valence-corrected chi connectivity index (χ3v) is 5.42. The van der Waals surface area contributed by atoms with Crippen molar-refractivity contribution in [3.05, 3.63) is 0 Å². The van der Waals surface area contributed by atoms with Gasteiger partial charge in [0, 0.05) is 12.1 Å². The van der Waals surface area contributed by atoms with Crippen LogP contribution < -0.4 is 10.6 Å². The SMILES string of the molecule is CNC1CCC(NC)CC(C2CCCCCC2)C1. The minimum absolute atomic E-state index is 0.761. The van der Waals surface area contributed by atoms with Crippen molar-refractivity contribution in [3.8, 4) is 0 Å². The lowest BCUT2D eigenvalue weighted by molar-refractivity contribution is 0.241. The molecule has 2 aliphatic rings. The van der Waals surface area contributed by atoms with Gasteiger partial charge < -0.3 is 10.6 Å². The zero-order chi connectivity index (χ0) is 12.8. The maximum atomic E-state index is 3.55. The monoisotopic (exact) mass is 252 g/mol. The Labute approximate surface area is 113 Å². The quantitative estimate of drug-likeness (QED) is 0.753. The molecule has 2 atom stereocenters. The lowest BCUT2D eigenvalue weighted by Gasteiger charge is -2.29. The second-order valence-corrected chi connectivity index (χ2v) is 6.53. The van der Waals surface area contributed by atoms with Crippen LogP contribution in [0.25, 0.3) is 0 Å². The molecule has 0 heterocycles. The topological polar surface area (TPSA) is 24.1 Å². The summed E-state index contributed by atoms with van der Waals surface area (Å²) in [5.41, 5.74) is 0. The van der Waals surface area contributed by atoms with E-state index in [9.17, 15) is 0 Å². The standard InChI is InChI=1S/C16H32N2/c1-17-15-9-10-16(18-2)12-14(11-15)13-7-5-3-4-6-8-13/h13-18H,3-12H2,1-2H3. The van der Waals surface area contributed by atoms with Crippen LogP contribution in [0.15, 0.2) is 0 Å². The van der Waals surface area contributed by atoms with Gasteiger partial charge in [0.2, 0.25) is 0 Å². The van der Waals surface area contributed by atoms with Crippen LogP contribution >= 0.6 is 0 Å². The van der Waals surface area contributed by atoms with E-state index >= 15 is 0 Å². The Morgan fingerprint density at radius 2 is 1.11 bits per heavy atom. The Hall–Kier alpha value is -0.0800. The number of hydrogen-bond acceptors (Lipinski definition) is 2. The fraction of sp³-hybridized carbons (Fsp3) is 1.00. The van der Waals surface area contributed by atoms with E-state index in [1.165, 1.54) is 64.2 Å². The van der Waals surface area contributed by atoms with Crippen molar-refractivity contribution in [2.75, 3.05) is 14.1 Å². The highest BCUT2D eigenvalue weighted by Crippen LogP contribution is 2.36. The highest BCUT2D eigenvalue weighted by molar-refractivity contribution is 4.86. The van der Waals surface area contributed by atoms with E-state index in [4.69, 9.17) is 0 Å². The fourth-order valence-corrected chi connectivity index (χ4v) is 4.16. The van der Waals surface area contributed by atoms with E-state index in [1.54, 1.807) is 0 Å². The predicted molar refractivity (Wildman–Crippen MR) is 78.8 cm³/mol. The van der Waals surface area contributed by atoms with Crippen molar-refractivity contribution >= 4 is 0 Å². The Morgan fingerprint density at radius 3 is 1.56 bits per heavy atom. The average molecular weight is 252 g/mol. The molecule has 0 aliphatic heterocycles.